The van der Waals surface area contributed by atoms with E-state index in [2.05, 4.69) is 77.0 Å². The molecule has 0 spiro atoms. The van der Waals surface area contributed by atoms with Gasteiger partial charge < -0.3 is 45.1 Å². The Balaban J connectivity index is 1.82. The zero-order valence-electron chi connectivity index (χ0n) is 43.0. The summed E-state index contributed by atoms with van der Waals surface area (Å²) < 4.78 is 56.7. The molecule has 0 radical (unpaired) electrons. The molecule has 2 rings (SSSR count). The molecule has 19 nitrogen and oxygen atoms in total. The molecule has 1 aromatic rings. The standard InChI is InChI=1S/C52H85N3O16P2/c1-3-4-5-6-7-8-9-10-11-12-15-19-22-25-28-31-34-37-48(58)69-44(40-66-47(57)36-33-30-27-24-21-18-16-13-14-17-20-23-26-29-32-35-43(2)56)41-67-72(62,63)71-73(64,65)68-42-45-49(59)50(60)51(70-45)55-39-38-46(53)54-52(55)61/h7-8,10-11,14,16-18,23-24,26-27,38-39,43-45,49-51,56,59-60H,3-6,9,12-13,15,19-22,25,28-37,40-42H2,1-2H3,(H,62,63)(H,64,65)(H2,53,54,61)/b8-7-,11-10-,17-14-,18-16-,26-23-,27-24-/t43-,44-,45-,49-,50-,51-/m1/s1. The van der Waals surface area contributed by atoms with Crippen LogP contribution >= 0.6 is 15.6 Å². The number of esters is 2. The third-order valence-electron chi connectivity index (χ3n) is 11.3. The van der Waals surface area contributed by atoms with Crippen LogP contribution in [-0.4, -0.2) is 96.9 Å². The van der Waals surface area contributed by atoms with Crippen molar-refractivity contribution in [1.82, 2.24) is 9.55 Å². The first kappa shape index (κ1) is 65.3. The average Bonchev–Trinajstić information content (AvgIpc) is 3.62. The number of hydrogen-bond donors (Lipinski definition) is 6. The minimum Gasteiger partial charge on any atom is -0.462 e. The topological polar surface area (TPSA) is 286 Å². The molecule has 1 aliphatic rings. The number of anilines is 1. The highest BCUT2D eigenvalue weighted by molar-refractivity contribution is 7.61. The normalized spacial score (nSPS) is 20.0. The fourth-order valence-electron chi connectivity index (χ4n) is 7.24. The number of phosphoric ester groups is 2. The Labute approximate surface area is 432 Å². The Morgan fingerprint density at radius 3 is 1.79 bits per heavy atom. The summed E-state index contributed by atoms with van der Waals surface area (Å²) in [6, 6.07) is 1.24. The number of aromatic nitrogens is 2. The van der Waals surface area contributed by atoms with Gasteiger partial charge in [-0.3, -0.25) is 23.2 Å². The maximum atomic E-state index is 12.9. The zero-order valence-corrected chi connectivity index (χ0v) is 44.8. The molecule has 1 aliphatic heterocycles. The van der Waals surface area contributed by atoms with E-state index in [1.807, 2.05) is 12.2 Å². The van der Waals surface area contributed by atoms with Gasteiger partial charge in [-0.2, -0.15) is 9.29 Å². The molecule has 0 bridgehead atoms. The van der Waals surface area contributed by atoms with Gasteiger partial charge in [0.1, 0.15) is 30.7 Å². The van der Waals surface area contributed by atoms with Gasteiger partial charge in [0.05, 0.1) is 19.3 Å². The van der Waals surface area contributed by atoms with Crippen LogP contribution in [0.3, 0.4) is 0 Å². The largest absolute Gasteiger partial charge is 0.481 e. The van der Waals surface area contributed by atoms with Crippen molar-refractivity contribution in [1.29, 1.82) is 0 Å². The number of phosphoric acid groups is 2. The average molecular weight is 1070 g/mol. The lowest BCUT2D eigenvalue weighted by Crippen LogP contribution is -2.36. The van der Waals surface area contributed by atoms with Crippen molar-refractivity contribution in [2.45, 2.75) is 198 Å². The first-order valence-corrected chi connectivity index (χ1v) is 29.0. The van der Waals surface area contributed by atoms with Crippen molar-refractivity contribution in [3.63, 3.8) is 0 Å². The minimum atomic E-state index is -5.45. The number of nitrogen functional groups attached to an aromatic ring is 1. The Hall–Kier alpha value is -3.84. The molecule has 2 heterocycles. The quantitative estimate of drug-likeness (QED) is 0.0154. The third kappa shape index (κ3) is 32.9. The van der Waals surface area contributed by atoms with Crippen LogP contribution in [-0.2, 0) is 46.3 Å². The number of carbonyl (C=O) groups is 2. The van der Waals surface area contributed by atoms with Gasteiger partial charge in [0, 0.05) is 19.0 Å². The van der Waals surface area contributed by atoms with Crippen LogP contribution in [0.15, 0.2) is 90.0 Å². The van der Waals surface area contributed by atoms with Crippen LogP contribution in [0, 0.1) is 0 Å². The third-order valence-corrected chi connectivity index (χ3v) is 13.9. The number of aliphatic hydroxyl groups is 3. The fourth-order valence-corrected chi connectivity index (χ4v) is 9.35. The summed E-state index contributed by atoms with van der Waals surface area (Å²) in [7, 11) is -10.9. The summed E-state index contributed by atoms with van der Waals surface area (Å²) in [5.74, 6) is -1.40. The number of ether oxygens (including phenoxy) is 3. The van der Waals surface area contributed by atoms with E-state index < -0.39 is 83.7 Å². The molecule has 21 heteroatoms. The van der Waals surface area contributed by atoms with E-state index in [0.717, 1.165) is 107 Å². The van der Waals surface area contributed by atoms with Gasteiger partial charge in [0.15, 0.2) is 12.3 Å². The van der Waals surface area contributed by atoms with Gasteiger partial charge in [0.2, 0.25) is 0 Å². The molecule has 1 fully saturated rings. The van der Waals surface area contributed by atoms with Crippen LogP contribution in [0.5, 0.6) is 0 Å². The number of unbranched alkanes of at least 4 members (excludes halogenated alkanes) is 12. The van der Waals surface area contributed by atoms with Crippen molar-refractivity contribution in [3.05, 3.63) is 95.7 Å². The summed E-state index contributed by atoms with van der Waals surface area (Å²) in [6.07, 6.45) is 38.2. The van der Waals surface area contributed by atoms with Crippen molar-refractivity contribution in [2.24, 2.45) is 0 Å². The van der Waals surface area contributed by atoms with Gasteiger partial charge in [-0.05, 0) is 103 Å². The van der Waals surface area contributed by atoms with E-state index in [9.17, 15) is 48.6 Å². The van der Waals surface area contributed by atoms with Crippen molar-refractivity contribution in [3.8, 4) is 0 Å². The molecule has 0 aromatic carbocycles. The number of nitrogens with zero attached hydrogens (tertiary/aromatic N) is 2. The summed E-state index contributed by atoms with van der Waals surface area (Å²) in [5.41, 5.74) is 4.58. The highest BCUT2D eigenvalue weighted by Crippen LogP contribution is 2.60. The first-order valence-electron chi connectivity index (χ1n) is 26.0. The second-order valence-corrected chi connectivity index (χ2v) is 21.0. The van der Waals surface area contributed by atoms with E-state index in [-0.39, 0.29) is 24.8 Å². The van der Waals surface area contributed by atoms with Crippen molar-refractivity contribution < 1.29 is 71.4 Å². The summed E-state index contributed by atoms with van der Waals surface area (Å²) in [5, 5.41) is 30.2. The van der Waals surface area contributed by atoms with E-state index in [4.69, 9.17) is 29.0 Å². The van der Waals surface area contributed by atoms with Gasteiger partial charge in [-0.15, -0.1) is 0 Å². The second kappa shape index (κ2) is 39.6. The SMILES string of the molecule is CCCCC/C=C\C/C=C\CCCCCCCCCC(=O)O[C@H](COC(=O)CCC/C=C\C/C=C\C/C=C\C/C=C\CCC[C@@H](C)O)COP(=O)(O)OP(=O)(O)OC[C@H]1O[C@@H](n2ccc(N)nc2=O)[C@H](O)[C@@H]1O. The molecule has 7 N–H and O–H groups in total. The van der Waals surface area contributed by atoms with E-state index in [1.54, 1.807) is 6.92 Å². The Morgan fingerprint density at radius 2 is 1.22 bits per heavy atom. The van der Waals surface area contributed by atoms with Gasteiger partial charge in [-0.25, -0.2) is 13.9 Å². The summed E-state index contributed by atoms with van der Waals surface area (Å²) >= 11 is 0. The molecule has 2 unspecified atom stereocenters. The number of hydrogen-bond acceptors (Lipinski definition) is 16. The molecule has 73 heavy (non-hydrogen) atoms. The minimum absolute atomic E-state index is 0.0199. The van der Waals surface area contributed by atoms with E-state index in [1.165, 1.54) is 25.3 Å². The maximum absolute atomic E-state index is 12.9. The number of aliphatic hydroxyl groups excluding tert-OH is 3. The smallest absolute Gasteiger partial charge is 0.462 e. The highest BCUT2D eigenvalue weighted by Gasteiger charge is 2.46. The molecule has 8 atom stereocenters. The van der Waals surface area contributed by atoms with Crippen LogP contribution in [0.1, 0.15) is 168 Å². The number of rotatable bonds is 42. The predicted octanol–water partition coefficient (Wildman–Crippen LogP) is 9.86. The number of carbonyl (C=O) groups excluding carboxylic acids is 2. The van der Waals surface area contributed by atoms with Gasteiger partial charge in [0.25, 0.3) is 0 Å². The molecule has 1 saturated heterocycles. The fraction of sp³-hybridized carbons (Fsp3) is 0.654. The Kier molecular flexibility index (Phi) is 35.4. The maximum Gasteiger partial charge on any atom is 0.481 e. The lowest BCUT2D eigenvalue weighted by molar-refractivity contribution is -0.161. The van der Waals surface area contributed by atoms with E-state index >= 15 is 0 Å². The molecule has 0 amide bonds. The first-order chi connectivity index (χ1) is 35.0. The summed E-state index contributed by atoms with van der Waals surface area (Å²) in [4.78, 5) is 61.9. The Bertz CT molecular complexity index is 2020. The molecule has 1 aromatic heterocycles. The number of allylic oxidation sites excluding steroid dienone is 12. The number of nitrogens with two attached hydrogens (primary N) is 1. The molecule has 0 aliphatic carbocycles. The van der Waals surface area contributed by atoms with Crippen LogP contribution in [0.25, 0.3) is 0 Å². The molecule has 414 valence electrons. The Morgan fingerprint density at radius 1 is 0.712 bits per heavy atom. The lowest BCUT2D eigenvalue weighted by Gasteiger charge is -2.21. The van der Waals surface area contributed by atoms with Crippen molar-refractivity contribution >= 4 is 33.4 Å². The second-order valence-electron chi connectivity index (χ2n) is 17.9. The van der Waals surface area contributed by atoms with Crippen LogP contribution in [0.2, 0.25) is 0 Å². The van der Waals surface area contributed by atoms with Gasteiger partial charge in [-0.1, -0.05) is 125 Å². The molecular weight excluding hydrogens is 985 g/mol. The van der Waals surface area contributed by atoms with Crippen LogP contribution in [0.4, 0.5) is 5.82 Å². The lowest BCUT2D eigenvalue weighted by atomic mass is 10.1. The summed E-state index contributed by atoms with van der Waals surface area (Å²) in [6.45, 7) is 1.62. The van der Waals surface area contributed by atoms with Crippen LogP contribution < -0.4 is 11.4 Å². The molecule has 0 saturated carbocycles. The zero-order chi connectivity index (χ0) is 53.6. The molecular formula is C52H85N3O16P2. The highest BCUT2D eigenvalue weighted by atomic mass is 31.3. The van der Waals surface area contributed by atoms with E-state index in [0.29, 0.717) is 19.3 Å². The van der Waals surface area contributed by atoms with Gasteiger partial charge >= 0.3 is 33.3 Å². The predicted molar refractivity (Wildman–Crippen MR) is 281 cm³/mol. The monoisotopic (exact) mass is 1070 g/mol. The van der Waals surface area contributed by atoms with Crippen molar-refractivity contribution in [2.75, 3.05) is 25.6 Å².